The molecule has 0 spiro atoms. The molecule has 0 radical (unpaired) electrons. The lowest BCUT2D eigenvalue weighted by Gasteiger charge is -2.18. The second-order valence-corrected chi connectivity index (χ2v) is 4.21. The number of benzene rings is 1. The summed E-state index contributed by atoms with van der Waals surface area (Å²) < 4.78 is 0. The molecule has 1 aromatic rings. The van der Waals surface area contributed by atoms with Gasteiger partial charge in [0.2, 0.25) is 5.91 Å². The van der Waals surface area contributed by atoms with Gasteiger partial charge in [0.25, 0.3) is 0 Å². The Labute approximate surface area is 104 Å². The number of rotatable bonds is 3. The fourth-order valence-corrected chi connectivity index (χ4v) is 1.83. The van der Waals surface area contributed by atoms with Crippen molar-refractivity contribution in [1.82, 2.24) is 0 Å². The zero-order chi connectivity index (χ0) is 11.4. The van der Waals surface area contributed by atoms with Crippen molar-refractivity contribution >= 4 is 46.4 Å². The van der Waals surface area contributed by atoms with Gasteiger partial charge in [-0.25, -0.2) is 0 Å². The van der Waals surface area contributed by atoms with Crippen LogP contribution in [0.4, 0.5) is 5.69 Å². The van der Waals surface area contributed by atoms with Crippen LogP contribution >= 0.6 is 34.8 Å². The summed E-state index contributed by atoms with van der Waals surface area (Å²) in [6.07, 6.45) is 0.289. The summed E-state index contributed by atoms with van der Waals surface area (Å²) in [5.41, 5.74) is 0.635. The topological polar surface area (TPSA) is 20.3 Å². The monoisotopic (exact) mass is 265 g/mol. The number of hydrogen-bond acceptors (Lipinski definition) is 1. The van der Waals surface area contributed by atoms with Crippen LogP contribution in [0.2, 0.25) is 10.0 Å². The van der Waals surface area contributed by atoms with E-state index in [2.05, 4.69) is 0 Å². The van der Waals surface area contributed by atoms with E-state index >= 15 is 0 Å². The zero-order valence-corrected chi connectivity index (χ0v) is 10.4. The van der Waals surface area contributed by atoms with Crippen molar-refractivity contribution in [2.45, 2.75) is 6.42 Å². The van der Waals surface area contributed by atoms with E-state index in [0.717, 1.165) is 0 Å². The van der Waals surface area contributed by atoms with Gasteiger partial charge in [0.1, 0.15) is 0 Å². The molecule has 0 aromatic heterocycles. The average Bonchev–Trinajstić information content (AvgIpc) is 2.17. The lowest BCUT2D eigenvalue weighted by molar-refractivity contribution is -0.117. The van der Waals surface area contributed by atoms with E-state index in [0.29, 0.717) is 21.6 Å². The molecular weight excluding hydrogens is 256 g/mol. The van der Waals surface area contributed by atoms with Crippen LogP contribution in [0, 0.1) is 0 Å². The molecule has 0 aliphatic carbocycles. The largest absolute Gasteiger partial charge is 0.314 e. The van der Waals surface area contributed by atoms with Gasteiger partial charge >= 0.3 is 0 Å². The lowest BCUT2D eigenvalue weighted by atomic mass is 10.3. The molecule has 1 amide bonds. The number of anilines is 1. The number of carbonyl (C=O) groups is 1. The highest BCUT2D eigenvalue weighted by Gasteiger charge is 2.13. The summed E-state index contributed by atoms with van der Waals surface area (Å²) in [5.74, 6) is 0.225. The van der Waals surface area contributed by atoms with Crippen molar-refractivity contribution in [1.29, 1.82) is 0 Å². The first-order valence-corrected chi connectivity index (χ1v) is 5.63. The van der Waals surface area contributed by atoms with Gasteiger partial charge in [0.05, 0.1) is 10.7 Å². The Morgan fingerprint density at radius 1 is 1.40 bits per heavy atom. The minimum Gasteiger partial charge on any atom is -0.314 e. The second kappa shape index (κ2) is 5.59. The van der Waals surface area contributed by atoms with Crippen molar-refractivity contribution in [3.8, 4) is 0 Å². The molecule has 0 atom stereocenters. The molecule has 1 aromatic carbocycles. The Hall–Kier alpha value is -0.440. The van der Waals surface area contributed by atoms with Crippen LogP contribution < -0.4 is 4.90 Å². The Morgan fingerprint density at radius 2 is 2.07 bits per heavy atom. The maximum absolute atomic E-state index is 11.5. The van der Waals surface area contributed by atoms with Gasteiger partial charge < -0.3 is 4.90 Å². The van der Waals surface area contributed by atoms with Crippen LogP contribution in [0.3, 0.4) is 0 Å². The maximum Gasteiger partial charge on any atom is 0.227 e. The molecule has 15 heavy (non-hydrogen) atoms. The molecule has 2 nitrogen and oxygen atoms in total. The van der Waals surface area contributed by atoms with Crippen LogP contribution in [-0.4, -0.2) is 18.8 Å². The number of nitrogens with zero attached hydrogens (tertiary/aromatic N) is 1. The third kappa shape index (κ3) is 3.26. The third-order valence-electron chi connectivity index (χ3n) is 1.95. The predicted octanol–water partition coefficient (Wildman–Crippen LogP) is 3.59. The fraction of sp³-hybridized carbons (Fsp3) is 0.300. The number of hydrogen-bond donors (Lipinski definition) is 0. The number of amides is 1. The molecule has 1 rings (SSSR count). The summed E-state index contributed by atoms with van der Waals surface area (Å²) in [4.78, 5) is 13.0. The van der Waals surface area contributed by atoms with E-state index in [1.54, 1.807) is 25.2 Å². The number of carbonyl (C=O) groups excluding carboxylic acids is 1. The highest BCUT2D eigenvalue weighted by atomic mass is 35.5. The van der Waals surface area contributed by atoms with Crippen LogP contribution in [0.1, 0.15) is 6.42 Å². The molecule has 5 heteroatoms. The second-order valence-electron chi connectivity index (χ2n) is 2.99. The van der Waals surface area contributed by atoms with Gasteiger partial charge in [-0.1, -0.05) is 23.2 Å². The summed E-state index contributed by atoms with van der Waals surface area (Å²) in [6.45, 7) is 0. The van der Waals surface area contributed by atoms with Crippen molar-refractivity contribution in [3.63, 3.8) is 0 Å². The summed E-state index contributed by atoms with van der Waals surface area (Å²) in [5, 5.41) is 0.995. The Bertz CT molecular complexity index is 368. The lowest BCUT2D eigenvalue weighted by Crippen LogP contribution is -2.26. The normalized spacial score (nSPS) is 10.1. The van der Waals surface area contributed by atoms with Crippen LogP contribution in [-0.2, 0) is 4.79 Å². The van der Waals surface area contributed by atoms with Crippen molar-refractivity contribution < 1.29 is 4.79 Å². The summed E-state index contributed by atoms with van der Waals surface area (Å²) >= 11 is 17.2. The quantitative estimate of drug-likeness (QED) is 0.766. The molecular formula is C10H10Cl3NO. The van der Waals surface area contributed by atoms with Crippen LogP contribution in [0.5, 0.6) is 0 Å². The van der Waals surface area contributed by atoms with Gasteiger partial charge in [0, 0.05) is 24.4 Å². The van der Waals surface area contributed by atoms with Gasteiger partial charge in [-0.15, -0.1) is 11.6 Å². The van der Waals surface area contributed by atoms with Gasteiger partial charge in [-0.3, -0.25) is 4.79 Å². The number of halogens is 3. The summed E-state index contributed by atoms with van der Waals surface area (Å²) in [6, 6.07) is 4.99. The third-order valence-corrected chi connectivity index (χ3v) is 2.68. The standard InChI is InChI=1S/C10H10Cl3NO/c1-14(10(15)4-5-11)9-3-2-7(12)6-8(9)13/h2-3,6H,4-5H2,1H3. The highest BCUT2D eigenvalue weighted by Crippen LogP contribution is 2.28. The predicted molar refractivity (Wildman–Crippen MR) is 65.2 cm³/mol. The van der Waals surface area contributed by atoms with Crippen LogP contribution in [0.25, 0.3) is 0 Å². The van der Waals surface area contributed by atoms with E-state index in [1.807, 2.05) is 0 Å². The van der Waals surface area contributed by atoms with Gasteiger partial charge in [-0.2, -0.15) is 0 Å². The van der Waals surface area contributed by atoms with Crippen LogP contribution in [0.15, 0.2) is 18.2 Å². The first kappa shape index (κ1) is 12.6. The zero-order valence-electron chi connectivity index (χ0n) is 8.14. The van der Waals surface area contributed by atoms with E-state index in [4.69, 9.17) is 34.8 Å². The summed E-state index contributed by atoms with van der Waals surface area (Å²) in [7, 11) is 1.66. The molecule has 0 saturated carbocycles. The molecule has 0 aliphatic rings. The smallest absolute Gasteiger partial charge is 0.227 e. The first-order chi connectivity index (χ1) is 7.06. The molecule has 0 fully saturated rings. The molecule has 0 bridgehead atoms. The van der Waals surface area contributed by atoms with Crippen molar-refractivity contribution in [2.75, 3.05) is 17.8 Å². The van der Waals surface area contributed by atoms with E-state index in [-0.39, 0.29) is 12.3 Å². The Balaban J connectivity index is 2.91. The first-order valence-electron chi connectivity index (χ1n) is 4.34. The van der Waals surface area contributed by atoms with Gasteiger partial charge in [-0.05, 0) is 18.2 Å². The number of alkyl halides is 1. The molecule has 0 N–H and O–H groups in total. The SMILES string of the molecule is CN(C(=O)CCCl)c1ccc(Cl)cc1Cl. The molecule has 0 heterocycles. The van der Waals surface area contributed by atoms with Gasteiger partial charge in [0.15, 0.2) is 0 Å². The maximum atomic E-state index is 11.5. The molecule has 0 unspecified atom stereocenters. The van der Waals surface area contributed by atoms with Crippen molar-refractivity contribution in [2.24, 2.45) is 0 Å². The van der Waals surface area contributed by atoms with E-state index in [1.165, 1.54) is 4.90 Å². The highest BCUT2D eigenvalue weighted by molar-refractivity contribution is 6.36. The minimum absolute atomic E-state index is 0.0748. The molecule has 0 aliphatic heterocycles. The Kier molecular flexibility index (Phi) is 4.71. The van der Waals surface area contributed by atoms with Crippen molar-refractivity contribution in [3.05, 3.63) is 28.2 Å². The fourth-order valence-electron chi connectivity index (χ4n) is 1.14. The average molecular weight is 267 g/mol. The minimum atomic E-state index is -0.0748. The molecule has 0 saturated heterocycles. The molecule has 82 valence electrons. The van der Waals surface area contributed by atoms with E-state index in [9.17, 15) is 4.79 Å². The van der Waals surface area contributed by atoms with E-state index < -0.39 is 0 Å². The Morgan fingerprint density at radius 3 is 2.60 bits per heavy atom.